The molecule has 1 aromatic carbocycles. The number of nitro groups is 1. The molecule has 0 amide bonds. The van der Waals surface area contributed by atoms with Gasteiger partial charge in [-0.1, -0.05) is 12.1 Å². The zero-order valence-corrected chi connectivity index (χ0v) is 8.91. The molecule has 0 aromatic heterocycles. The van der Waals surface area contributed by atoms with Crippen molar-refractivity contribution in [3.63, 3.8) is 0 Å². The van der Waals surface area contributed by atoms with Crippen LogP contribution < -0.4 is 0 Å². The minimum atomic E-state index is -0.597. The molecule has 0 unspecified atom stereocenters. The zero-order valence-electron chi connectivity index (χ0n) is 8.91. The van der Waals surface area contributed by atoms with E-state index in [2.05, 4.69) is 4.99 Å². The molecule has 0 bridgehead atoms. The Morgan fingerprint density at radius 2 is 2.12 bits per heavy atom. The number of aliphatic imine (C=N–C) groups is 1. The number of carbonyl (C=O) groups excluding carboxylic acids is 1. The first-order valence-electron chi connectivity index (χ1n) is 4.80. The first-order valence-corrected chi connectivity index (χ1v) is 4.80. The highest BCUT2D eigenvalue weighted by Gasteiger charge is 2.21. The molecule has 6 heteroatoms. The molecule has 6 nitrogen and oxygen atoms in total. The number of nitrogens with zero attached hydrogens (tertiary/aromatic N) is 2. The lowest BCUT2D eigenvalue weighted by Gasteiger charge is -1.96. The number of nitro benzene ring substituents is 1. The van der Waals surface area contributed by atoms with Crippen molar-refractivity contribution in [2.45, 2.75) is 6.92 Å². The van der Waals surface area contributed by atoms with E-state index in [9.17, 15) is 14.9 Å². The van der Waals surface area contributed by atoms with E-state index in [4.69, 9.17) is 4.74 Å². The summed E-state index contributed by atoms with van der Waals surface area (Å²) in [6.45, 7) is 1.54. The molecular weight excluding hydrogens is 224 g/mol. The number of hydrogen-bond donors (Lipinski definition) is 0. The largest absolute Gasteiger partial charge is 0.407 e. The van der Waals surface area contributed by atoms with Gasteiger partial charge in [-0.2, -0.15) is 0 Å². The highest BCUT2D eigenvalue weighted by molar-refractivity contribution is 6.06. The quantitative estimate of drug-likeness (QED) is 0.337. The van der Waals surface area contributed by atoms with Gasteiger partial charge in [-0.15, -0.1) is 0 Å². The minimum absolute atomic E-state index is 0.0665. The Morgan fingerprint density at radius 3 is 2.71 bits per heavy atom. The fourth-order valence-electron chi connectivity index (χ4n) is 1.44. The molecule has 1 aliphatic rings. The molecular formula is C11H8N2O4. The number of benzene rings is 1. The second-order valence-electron chi connectivity index (χ2n) is 3.37. The van der Waals surface area contributed by atoms with Crippen LogP contribution in [-0.4, -0.2) is 16.8 Å². The third-order valence-corrected chi connectivity index (χ3v) is 2.15. The van der Waals surface area contributed by atoms with Gasteiger partial charge >= 0.3 is 5.97 Å². The van der Waals surface area contributed by atoms with Gasteiger partial charge in [0.2, 0.25) is 0 Å². The number of esters is 1. The summed E-state index contributed by atoms with van der Waals surface area (Å²) in [6.07, 6.45) is 1.34. The zero-order chi connectivity index (χ0) is 12.4. The van der Waals surface area contributed by atoms with Crippen LogP contribution in [0, 0.1) is 10.1 Å². The summed E-state index contributed by atoms with van der Waals surface area (Å²) in [7, 11) is 0. The molecule has 2 rings (SSSR count). The molecule has 1 aliphatic heterocycles. The SMILES string of the molecule is CC1=NC(=Cc2ccccc2[N+](=O)[O-])C(=O)O1. The molecule has 0 radical (unpaired) electrons. The van der Waals surface area contributed by atoms with Crippen LogP contribution in [0.1, 0.15) is 12.5 Å². The Kier molecular flexibility index (Phi) is 2.70. The van der Waals surface area contributed by atoms with Gasteiger partial charge in [0.1, 0.15) is 0 Å². The molecule has 0 saturated carbocycles. The number of carbonyl (C=O) groups is 1. The lowest BCUT2D eigenvalue weighted by molar-refractivity contribution is -0.385. The monoisotopic (exact) mass is 232 g/mol. The molecule has 0 N–H and O–H groups in total. The van der Waals surface area contributed by atoms with Crippen LogP contribution in [0.25, 0.3) is 6.08 Å². The molecule has 17 heavy (non-hydrogen) atoms. The summed E-state index contributed by atoms with van der Waals surface area (Å²) in [5, 5.41) is 10.8. The molecule has 0 aliphatic carbocycles. The van der Waals surface area contributed by atoms with E-state index in [-0.39, 0.29) is 17.3 Å². The van der Waals surface area contributed by atoms with Crippen molar-refractivity contribution >= 4 is 23.6 Å². The average Bonchev–Trinajstić information content (AvgIpc) is 2.58. The van der Waals surface area contributed by atoms with Gasteiger partial charge < -0.3 is 4.74 Å². The van der Waals surface area contributed by atoms with Crippen LogP contribution in [0.3, 0.4) is 0 Å². The van der Waals surface area contributed by atoms with Crippen molar-refractivity contribution in [3.05, 3.63) is 45.6 Å². The van der Waals surface area contributed by atoms with Gasteiger partial charge in [0.25, 0.3) is 5.69 Å². The van der Waals surface area contributed by atoms with Crippen molar-refractivity contribution in [3.8, 4) is 0 Å². The van der Waals surface area contributed by atoms with Crippen LogP contribution in [0.15, 0.2) is 35.0 Å². The fourth-order valence-corrected chi connectivity index (χ4v) is 1.44. The number of rotatable bonds is 2. The van der Waals surface area contributed by atoms with Crippen molar-refractivity contribution in [2.75, 3.05) is 0 Å². The molecule has 0 spiro atoms. The predicted molar refractivity (Wildman–Crippen MR) is 60.3 cm³/mol. The Hall–Kier alpha value is -2.50. The van der Waals surface area contributed by atoms with E-state index in [0.29, 0.717) is 5.56 Å². The normalized spacial score (nSPS) is 16.9. The molecule has 0 saturated heterocycles. The van der Waals surface area contributed by atoms with E-state index in [1.54, 1.807) is 18.2 Å². The van der Waals surface area contributed by atoms with Gasteiger partial charge in [0.15, 0.2) is 11.6 Å². The maximum Gasteiger partial charge on any atom is 0.363 e. The summed E-state index contributed by atoms with van der Waals surface area (Å²) in [5.41, 5.74) is 0.312. The first kappa shape index (κ1) is 11.0. The van der Waals surface area contributed by atoms with Crippen LogP contribution >= 0.6 is 0 Å². The topological polar surface area (TPSA) is 81.8 Å². The fraction of sp³-hybridized carbons (Fsp3) is 0.0909. The third kappa shape index (κ3) is 2.20. The summed E-state index contributed by atoms with van der Waals surface area (Å²) >= 11 is 0. The molecule has 1 aromatic rings. The van der Waals surface area contributed by atoms with E-state index in [0.717, 1.165) is 0 Å². The number of cyclic esters (lactones) is 1. The lowest BCUT2D eigenvalue weighted by atomic mass is 10.1. The van der Waals surface area contributed by atoms with Crippen LogP contribution in [0.4, 0.5) is 5.69 Å². The number of ether oxygens (including phenoxy) is 1. The molecule has 0 fully saturated rings. The van der Waals surface area contributed by atoms with Gasteiger partial charge in [-0.05, 0) is 12.1 Å². The van der Waals surface area contributed by atoms with Crippen molar-refractivity contribution in [1.29, 1.82) is 0 Å². The smallest absolute Gasteiger partial charge is 0.363 e. The van der Waals surface area contributed by atoms with Crippen LogP contribution in [0.2, 0.25) is 0 Å². The van der Waals surface area contributed by atoms with Gasteiger partial charge in [-0.25, -0.2) is 9.79 Å². The summed E-state index contributed by atoms with van der Waals surface area (Å²) in [4.78, 5) is 25.4. The Labute approximate surface area is 96.4 Å². The summed E-state index contributed by atoms with van der Waals surface area (Å²) in [5.74, 6) is -0.361. The van der Waals surface area contributed by atoms with E-state index in [1.807, 2.05) is 0 Å². The third-order valence-electron chi connectivity index (χ3n) is 2.15. The van der Waals surface area contributed by atoms with E-state index in [1.165, 1.54) is 19.1 Å². The summed E-state index contributed by atoms with van der Waals surface area (Å²) in [6, 6.07) is 6.11. The van der Waals surface area contributed by atoms with Crippen LogP contribution in [-0.2, 0) is 9.53 Å². The standard InChI is InChI=1S/C11H8N2O4/c1-7-12-9(11(14)17-7)6-8-4-2-3-5-10(8)13(15)16/h2-6H,1H3. The second kappa shape index (κ2) is 4.17. The Bertz CT molecular complexity index is 560. The highest BCUT2D eigenvalue weighted by atomic mass is 16.6. The highest BCUT2D eigenvalue weighted by Crippen LogP contribution is 2.22. The van der Waals surface area contributed by atoms with Crippen molar-refractivity contribution in [2.24, 2.45) is 4.99 Å². The number of para-hydroxylation sites is 1. The van der Waals surface area contributed by atoms with E-state index >= 15 is 0 Å². The van der Waals surface area contributed by atoms with E-state index < -0.39 is 10.9 Å². The average molecular weight is 232 g/mol. The van der Waals surface area contributed by atoms with Gasteiger partial charge in [0, 0.05) is 13.0 Å². The van der Waals surface area contributed by atoms with Gasteiger partial charge in [0.05, 0.1) is 10.5 Å². The number of hydrogen-bond acceptors (Lipinski definition) is 5. The maximum absolute atomic E-state index is 11.3. The molecule has 1 heterocycles. The Balaban J connectivity index is 2.46. The van der Waals surface area contributed by atoms with Crippen LogP contribution in [0.5, 0.6) is 0 Å². The van der Waals surface area contributed by atoms with Crippen molar-refractivity contribution in [1.82, 2.24) is 0 Å². The minimum Gasteiger partial charge on any atom is -0.407 e. The second-order valence-corrected chi connectivity index (χ2v) is 3.37. The first-order chi connectivity index (χ1) is 8.08. The predicted octanol–water partition coefficient (Wildman–Crippen LogP) is 1.91. The molecule has 0 atom stereocenters. The van der Waals surface area contributed by atoms with Crippen molar-refractivity contribution < 1.29 is 14.5 Å². The molecule has 86 valence electrons. The summed E-state index contributed by atoms with van der Waals surface area (Å²) < 4.78 is 4.72. The van der Waals surface area contributed by atoms with Gasteiger partial charge in [-0.3, -0.25) is 10.1 Å². The Morgan fingerprint density at radius 1 is 1.41 bits per heavy atom. The maximum atomic E-state index is 11.3. The lowest BCUT2D eigenvalue weighted by Crippen LogP contribution is -2.00.